The number of nitrogens with zero attached hydrogens (tertiary/aromatic N) is 5. The first kappa shape index (κ1) is 10.8. The number of hydrogen-bond acceptors (Lipinski definition) is 4. The maximum Gasteiger partial charge on any atom is 0.148 e. The van der Waals surface area contributed by atoms with Crippen molar-refractivity contribution in [1.29, 1.82) is 0 Å². The fourth-order valence-electron chi connectivity index (χ4n) is 1.64. The Labute approximate surface area is 94.3 Å². The first-order chi connectivity index (χ1) is 7.85. The predicted octanol–water partition coefficient (Wildman–Crippen LogP) is 0.262. The van der Waals surface area contributed by atoms with Gasteiger partial charge in [-0.25, -0.2) is 9.67 Å². The van der Waals surface area contributed by atoms with Gasteiger partial charge in [-0.1, -0.05) is 0 Å². The summed E-state index contributed by atoms with van der Waals surface area (Å²) in [6.45, 7) is 4.35. The first-order valence-corrected chi connectivity index (χ1v) is 5.37. The second kappa shape index (κ2) is 4.89. The zero-order valence-corrected chi connectivity index (χ0v) is 9.59. The van der Waals surface area contributed by atoms with E-state index in [1.807, 2.05) is 22.5 Å². The topological polar surface area (TPSA) is 60.6 Å². The van der Waals surface area contributed by atoms with Gasteiger partial charge in [0.15, 0.2) is 0 Å². The third-order valence-electron chi connectivity index (χ3n) is 2.45. The van der Waals surface area contributed by atoms with E-state index >= 15 is 0 Å². The van der Waals surface area contributed by atoms with Crippen molar-refractivity contribution in [1.82, 2.24) is 29.9 Å². The van der Waals surface area contributed by atoms with Crippen LogP contribution in [0.3, 0.4) is 0 Å². The molecule has 0 amide bonds. The molecule has 0 aromatic carbocycles. The highest BCUT2D eigenvalue weighted by Gasteiger charge is 2.07. The van der Waals surface area contributed by atoms with E-state index in [0.717, 1.165) is 24.6 Å². The maximum atomic E-state index is 4.28. The van der Waals surface area contributed by atoms with Gasteiger partial charge in [-0.05, 0) is 20.0 Å². The van der Waals surface area contributed by atoms with Gasteiger partial charge in [-0.2, -0.15) is 10.2 Å². The molecule has 0 spiro atoms. The summed E-state index contributed by atoms with van der Waals surface area (Å²) in [6.07, 6.45) is 3.39. The van der Waals surface area contributed by atoms with Gasteiger partial charge in [0, 0.05) is 19.3 Å². The van der Waals surface area contributed by atoms with Crippen molar-refractivity contribution in [2.75, 3.05) is 7.05 Å². The molecule has 0 aliphatic rings. The summed E-state index contributed by atoms with van der Waals surface area (Å²) < 4.78 is 3.82. The van der Waals surface area contributed by atoms with Crippen LogP contribution in [0, 0.1) is 0 Å². The van der Waals surface area contributed by atoms with Gasteiger partial charge < -0.3 is 5.32 Å². The number of nitrogens with one attached hydrogen (secondary N) is 1. The second-order valence-electron chi connectivity index (χ2n) is 3.50. The molecule has 0 atom stereocenters. The predicted molar refractivity (Wildman–Crippen MR) is 59.8 cm³/mol. The van der Waals surface area contributed by atoms with E-state index in [1.165, 1.54) is 0 Å². The van der Waals surface area contributed by atoms with Crippen LogP contribution in [0.2, 0.25) is 0 Å². The summed E-state index contributed by atoms with van der Waals surface area (Å²) in [5, 5.41) is 11.5. The fourth-order valence-corrected chi connectivity index (χ4v) is 1.64. The third-order valence-corrected chi connectivity index (χ3v) is 2.45. The van der Waals surface area contributed by atoms with Gasteiger partial charge in [-0.3, -0.25) is 4.68 Å². The minimum absolute atomic E-state index is 0.665. The van der Waals surface area contributed by atoms with Crippen LogP contribution in [0.4, 0.5) is 0 Å². The van der Waals surface area contributed by atoms with E-state index in [0.29, 0.717) is 6.54 Å². The van der Waals surface area contributed by atoms with Gasteiger partial charge >= 0.3 is 0 Å². The molecule has 0 aliphatic carbocycles. The van der Waals surface area contributed by atoms with Crippen LogP contribution >= 0.6 is 0 Å². The average Bonchev–Trinajstić information content (AvgIpc) is 2.89. The van der Waals surface area contributed by atoms with Crippen LogP contribution in [0.15, 0.2) is 18.6 Å². The lowest BCUT2D eigenvalue weighted by Gasteiger charge is -2.07. The summed E-state index contributed by atoms with van der Waals surface area (Å²) in [4.78, 5) is 4.23. The Morgan fingerprint density at radius 1 is 1.31 bits per heavy atom. The average molecular weight is 220 g/mol. The van der Waals surface area contributed by atoms with E-state index in [9.17, 15) is 0 Å². The molecule has 2 heterocycles. The summed E-state index contributed by atoms with van der Waals surface area (Å²) in [7, 11) is 1.92. The van der Waals surface area contributed by atoms with Gasteiger partial charge in [0.05, 0.1) is 5.69 Å². The standard InChI is InChI=1S/C10H16N6/c1-3-15-10(12-8-14-15)7-16-9(6-11-2)4-5-13-16/h4-5,8,11H,3,6-7H2,1-2H3. The minimum Gasteiger partial charge on any atom is -0.314 e. The van der Waals surface area contributed by atoms with Crippen molar-refractivity contribution in [3.05, 3.63) is 30.1 Å². The van der Waals surface area contributed by atoms with Crippen LogP contribution < -0.4 is 5.32 Å². The van der Waals surface area contributed by atoms with Crippen molar-refractivity contribution in [2.45, 2.75) is 26.6 Å². The zero-order chi connectivity index (χ0) is 11.4. The minimum atomic E-state index is 0.665. The van der Waals surface area contributed by atoms with E-state index in [4.69, 9.17) is 0 Å². The monoisotopic (exact) mass is 220 g/mol. The van der Waals surface area contributed by atoms with Crippen molar-refractivity contribution < 1.29 is 0 Å². The summed E-state index contributed by atoms with van der Waals surface area (Å²) in [5.41, 5.74) is 1.15. The summed E-state index contributed by atoms with van der Waals surface area (Å²) >= 11 is 0. The third kappa shape index (κ3) is 2.11. The van der Waals surface area contributed by atoms with Gasteiger partial charge in [0.2, 0.25) is 0 Å². The normalized spacial score (nSPS) is 10.9. The number of rotatable bonds is 5. The Bertz CT molecular complexity index is 444. The molecule has 6 nitrogen and oxygen atoms in total. The molecule has 0 bridgehead atoms. The van der Waals surface area contributed by atoms with E-state index in [2.05, 4.69) is 27.4 Å². The van der Waals surface area contributed by atoms with E-state index in [-0.39, 0.29) is 0 Å². The summed E-state index contributed by atoms with van der Waals surface area (Å²) in [5.74, 6) is 0.934. The molecule has 0 aliphatic heterocycles. The Morgan fingerprint density at radius 3 is 2.94 bits per heavy atom. The van der Waals surface area contributed by atoms with Crippen LogP contribution in [-0.2, 0) is 19.6 Å². The molecule has 0 fully saturated rings. The van der Waals surface area contributed by atoms with Crippen LogP contribution in [0.5, 0.6) is 0 Å². The molecule has 2 rings (SSSR count). The van der Waals surface area contributed by atoms with E-state index in [1.54, 1.807) is 12.5 Å². The SMILES string of the molecule is CCn1ncnc1Cn1nccc1CNC. The lowest BCUT2D eigenvalue weighted by atomic mass is 10.4. The molecule has 2 aromatic heterocycles. The Kier molecular flexibility index (Phi) is 3.31. The van der Waals surface area contributed by atoms with E-state index < -0.39 is 0 Å². The van der Waals surface area contributed by atoms with Gasteiger partial charge in [0.1, 0.15) is 18.7 Å². The van der Waals surface area contributed by atoms with Crippen molar-refractivity contribution in [2.24, 2.45) is 0 Å². The fraction of sp³-hybridized carbons (Fsp3) is 0.500. The first-order valence-electron chi connectivity index (χ1n) is 5.37. The molecular weight excluding hydrogens is 204 g/mol. The molecule has 86 valence electrons. The quantitative estimate of drug-likeness (QED) is 0.785. The van der Waals surface area contributed by atoms with Crippen LogP contribution in [-0.4, -0.2) is 31.6 Å². The summed E-state index contributed by atoms with van der Waals surface area (Å²) in [6, 6.07) is 2.00. The van der Waals surface area contributed by atoms with Gasteiger partial charge in [0.25, 0.3) is 0 Å². The zero-order valence-electron chi connectivity index (χ0n) is 9.59. The van der Waals surface area contributed by atoms with Crippen LogP contribution in [0.1, 0.15) is 18.4 Å². The lowest BCUT2D eigenvalue weighted by molar-refractivity contribution is 0.548. The highest BCUT2D eigenvalue weighted by atomic mass is 15.4. The molecule has 2 aromatic rings. The highest BCUT2D eigenvalue weighted by molar-refractivity contribution is 5.02. The Balaban J connectivity index is 2.17. The highest BCUT2D eigenvalue weighted by Crippen LogP contribution is 2.03. The number of aromatic nitrogens is 5. The molecule has 6 heteroatoms. The maximum absolute atomic E-state index is 4.28. The van der Waals surface area contributed by atoms with Crippen molar-refractivity contribution in [3.8, 4) is 0 Å². The largest absolute Gasteiger partial charge is 0.314 e. The smallest absolute Gasteiger partial charge is 0.148 e. The molecular formula is C10H16N6. The van der Waals surface area contributed by atoms with Crippen molar-refractivity contribution in [3.63, 3.8) is 0 Å². The molecule has 16 heavy (non-hydrogen) atoms. The molecule has 1 N–H and O–H groups in total. The molecule has 0 saturated carbocycles. The van der Waals surface area contributed by atoms with Crippen LogP contribution in [0.25, 0.3) is 0 Å². The number of aryl methyl sites for hydroxylation is 1. The number of hydrogen-bond donors (Lipinski definition) is 1. The second-order valence-corrected chi connectivity index (χ2v) is 3.50. The van der Waals surface area contributed by atoms with Gasteiger partial charge in [-0.15, -0.1) is 0 Å². The van der Waals surface area contributed by atoms with Crippen molar-refractivity contribution >= 4 is 0 Å². The molecule has 0 saturated heterocycles. The Hall–Kier alpha value is -1.69. The lowest BCUT2D eigenvalue weighted by Crippen LogP contribution is -2.15. The Morgan fingerprint density at radius 2 is 2.19 bits per heavy atom. The molecule has 0 unspecified atom stereocenters. The molecule has 0 radical (unpaired) electrons.